The van der Waals surface area contributed by atoms with Gasteiger partial charge in [0.25, 0.3) is 0 Å². The molecule has 3 heterocycles. The van der Waals surface area contributed by atoms with Crippen molar-refractivity contribution in [1.29, 1.82) is 0 Å². The van der Waals surface area contributed by atoms with Gasteiger partial charge in [0.15, 0.2) is 18.9 Å². The van der Waals surface area contributed by atoms with Gasteiger partial charge in [-0.1, -0.05) is 0 Å². The van der Waals surface area contributed by atoms with Gasteiger partial charge in [-0.05, 0) is 0 Å². The Morgan fingerprint density at radius 3 is 1.69 bits per heavy atom. The van der Waals surface area contributed by atoms with Crippen molar-refractivity contribution in [1.82, 2.24) is 0 Å². The number of hydrogen-bond donors (Lipinski definition) is 10. The second-order valence-corrected chi connectivity index (χ2v) is 7.89. The SMILES string of the molecule is OC[C@H]1O[C@H](O[C@H]2[C@H](O)[C@@H](O)C(O)O[C@@H]2CO)[C@H](O)[C@@H](O)[C@@H]1O[C@H]1OC[C@@H](O)[C@H](O)[C@H]1O. The molecule has 0 bridgehead atoms. The lowest BCUT2D eigenvalue weighted by molar-refractivity contribution is -0.372. The van der Waals surface area contributed by atoms with Crippen molar-refractivity contribution < 1.29 is 74.7 Å². The largest absolute Gasteiger partial charge is 0.394 e. The van der Waals surface area contributed by atoms with E-state index in [2.05, 4.69) is 0 Å². The minimum atomic E-state index is -1.85. The molecule has 3 aliphatic heterocycles. The maximum absolute atomic E-state index is 10.5. The Kier molecular flexibility index (Phi) is 8.75. The third kappa shape index (κ3) is 5.07. The monoisotopic (exact) mass is 474 g/mol. The van der Waals surface area contributed by atoms with Gasteiger partial charge in [0.1, 0.15) is 67.1 Å². The first-order chi connectivity index (χ1) is 15.1. The van der Waals surface area contributed by atoms with Crippen molar-refractivity contribution in [3.05, 3.63) is 0 Å². The molecule has 0 aromatic rings. The van der Waals surface area contributed by atoms with Crippen LogP contribution in [0.5, 0.6) is 0 Å². The maximum atomic E-state index is 10.5. The average molecular weight is 474 g/mol. The summed E-state index contributed by atoms with van der Waals surface area (Å²) >= 11 is 0. The molecule has 15 nitrogen and oxygen atoms in total. The Labute approximate surface area is 181 Å². The van der Waals surface area contributed by atoms with E-state index in [0.717, 1.165) is 0 Å². The van der Waals surface area contributed by atoms with Crippen LogP contribution in [-0.2, 0) is 23.7 Å². The molecule has 3 saturated heterocycles. The summed E-state index contributed by atoms with van der Waals surface area (Å²) in [6.07, 6.45) is -22.6. The highest BCUT2D eigenvalue weighted by Crippen LogP contribution is 2.31. The fourth-order valence-electron chi connectivity index (χ4n) is 3.78. The molecule has 15 heteroatoms. The van der Waals surface area contributed by atoms with Crippen molar-refractivity contribution in [3.63, 3.8) is 0 Å². The predicted octanol–water partition coefficient (Wildman–Crippen LogP) is -6.93. The Balaban J connectivity index is 1.69. The lowest BCUT2D eigenvalue weighted by Crippen LogP contribution is -2.66. The predicted molar refractivity (Wildman–Crippen MR) is 95.2 cm³/mol. The van der Waals surface area contributed by atoms with Crippen LogP contribution >= 0.6 is 0 Å². The second kappa shape index (κ2) is 10.8. The molecule has 10 N–H and O–H groups in total. The van der Waals surface area contributed by atoms with Crippen LogP contribution in [0.25, 0.3) is 0 Å². The number of aliphatic hydroxyl groups is 10. The van der Waals surface area contributed by atoms with E-state index >= 15 is 0 Å². The summed E-state index contributed by atoms with van der Waals surface area (Å²) in [5, 5.41) is 98.9. The van der Waals surface area contributed by atoms with E-state index in [1.54, 1.807) is 0 Å². The number of ether oxygens (including phenoxy) is 5. The van der Waals surface area contributed by atoms with Gasteiger partial charge < -0.3 is 74.7 Å². The molecule has 0 spiro atoms. The smallest absolute Gasteiger partial charge is 0.187 e. The standard InChI is InChI=1S/C17H30O15/c18-1-5-13(8(22)10(24)15(27)29-5)32-17-12(26)9(23)14(6(2-19)30-17)31-16-11(25)7(21)4(20)3-28-16/h4-27H,1-3H2/t4-,5-,6-,7+,8-,9-,10-,11-,12-,13-,14-,15?,16-,17-/m1/s1. The summed E-state index contributed by atoms with van der Waals surface area (Å²) in [5.41, 5.74) is 0. The first kappa shape index (κ1) is 26.0. The van der Waals surface area contributed by atoms with Gasteiger partial charge in [0.2, 0.25) is 0 Å². The molecule has 0 saturated carbocycles. The fourth-order valence-corrected chi connectivity index (χ4v) is 3.78. The summed E-state index contributed by atoms with van der Waals surface area (Å²) in [6, 6.07) is 0. The van der Waals surface area contributed by atoms with Crippen molar-refractivity contribution in [2.24, 2.45) is 0 Å². The molecule has 0 amide bonds. The summed E-state index contributed by atoms with van der Waals surface area (Å²) in [4.78, 5) is 0. The number of rotatable bonds is 6. The average Bonchev–Trinajstić information content (AvgIpc) is 2.78. The normalized spacial score (nSPS) is 52.7. The van der Waals surface area contributed by atoms with Gasteiger partial charge in [-0.3, -0.25) is 0 Å². The van der Waals surface area contributed by atoms with Crippen molar-refractivity contribution in [3.8, 4) is 0 Å². The lowest BCUT2D eigenvalue weighted by atomic mass is 9.96. The van der Waals surface area contributed by atoms with Crippen LogP contribution in [0.2, 0.25) is 0 Å². The zero-order valence-electron chi connectivity index (χ0n) is 16.7. The molecule has 0 aromatic carbocycles. The molecule has 0 aliphatic carbocycles. The van der Waals surface area contributed by atoms with Crippen molar-refractivity contribution >= 4 is 0 Å². The third-order valence-corrected chi connectivity index (χ3v) is 5.70. The van der Waals surface area contributed by atoms with E-state index in [1.807, 2.05) is 0 Å². The second-order valence-electron chi connectivity index (χ2n) is 7.89. The first-order valence-electron chi connectivity index (χ1n) is 10.00. The van der Waals surface area contributed by atoms with Crippen molar-refractivity contribution in [2.45, 2.75) is 86.0 Å². The van der Waals surface area contributed by atoms with Crippen LogP contribution in [0, 0.1) is 0 Å². The Morgan fingerprint density at radius 2 is 1.09 bits per heavy atom. The van der Waals surface area contributed by atoms with Gasteiger partial charge in [-0.15, -0.1) is 0 Å². The van der Waals surface area contributed by atoms with E-state index in [0.29, 0.717) is 0 Å². The number of aliphatic hydroxyl groups excluding tert-OH is 10. The Hall–Kier alpha value is -0.600. The Morgan fingerprint density at radius 1 is 0.594 bits per heavy atom. The highest BCUT2D eigenvalue weighted by Gasteiger charge is 2.52. The summed E-state index contributed by atoms with van der Waals surface area (Å²) in [5.74, 6) is 0. The van der Waals surface area contributed by atoms with Gasteiger partial charge in [0.05, 0.1) is 19.8 Å². The number of hydrogen-bond acceptors (Lipinski definition) is 15. The van der Waals surface area contributed by atoms with Gasteiger partial charge in [-0.2, -0.15) is 0 Å². The van der Waals surface area contributed by atoms with Crippen LogP contribution in [0.4, 0.5) is 0 Å². The van der Waals surface area contributed by atoms with Crippen LogP contribution in [0.15, 0.2) is 0 Å². The van der Waals surface area contributed by atoms with Crippen molar-refractivity contribution in [2.75, 3.05) is 19.8 Å². The molecular weight excluding hydrogens is 444 g/mol. The zero-order valence-corrected chi connectivity index (χ0v) is 16.7. The van der Waals surface area contributed by atoms with Gasteiger partial charge in [0, 0.05) is 0 Å². The molecule has 14 atom stereocenters. The van der Waals surface area contributed by atoms with Crippen LogP contribution in [0.3, 0.4) is 0 Å². The Bertz CT molecular complexity index is 592. The minimum absolute atomic E-state index is 0.388. The zero-order chi connectivity index (χ0) is 23.7. The molecule has 3 aliphatic rings. The summed E-state index contributed by atoms with van der Waals surface area (Å²) < 4.78 is 26.3. The van der Waals surface area contributed by atoms with Gasteiger partial charge >= 0.3 is 0 Å². The summed E-state index contributed by atoms with van der Waals surface area (Å²) in [7, 11) is 0. The molecular formula is C17H30O15. The van der Waals surface area contributed by atoms with Crippen LogP contribution < -0.4 is 0 Å². The minimum Gasteiger partial charge on any atom is -0.394 e. The lowest BCUT2D eigenvalue weighted by Gasteiger charge is -2.47. The van der Waals surface area contributed by atoms with Crippen LogP contribution in [0.1, 0.15) is 0 Å². The molecule has 188 valence electrons. The van der Waals surface area contributed by atoms with E-state index in [4.69, 9.17) is 23.7 Å². The quantitative estimate of drug-likeness (QED) is 0.172. The van der Waals surface area contributed by atoms with E-state index in [-0.39, 0.29) is 6.61 Å². The summed E-state index contributed by atoms with van der Waals surface area (Å²) in [6.45, 7) is -1.89. The first-order valence-corrected chi connectivity index (χ1v) is 10.00. The molecule has 32 heavy (non-hydrogen) atoms. The molecule has 3 fully saturated rings. The maximum Gasteiger partial charge on any atom is 0.187 e. The fraction of sp³-hybridized carbons (Fsp3) is 1.00. The van der Waals surface area contributed by atoms with E-state index in [9.17, 15) is 51.1 Å². The van der Waals surface area contributed by atoms with E-state index < -0.39 is 99.2 Å². The molecule has 0 aromatic heterocycles. The van der Waals surface area contributed by atoms with Crippen LogP contribution in [-0.4, -0.2) is 157 Å². The highest BCUT2D eigenvalue weighted by atomic mass is 16.7. The molecule has 3 rings (SSSR count). The topological polar surface area (TPSA) is 248 Å². The molecule has 0 radical (unpaired) electrons. The van der Waals surface area contributed by atoms with Gasteiger partial charge in [-0.25, -0.2) is 0 Å². The van der Waals surface area contributed by atoms with E-state index in [1.165, 1.54) is 0 Å². The third-order valence-electron chi connectivity index (χ3n) is 5.70. The molecule has 1 unspecified atom stereocenters. The highest BCUT2D eigenvalue weighted by molar-refractivity contribution is 4.95.